The molecule has 3 rings (SSSR count). The van der Waals surface area contributed by atoms with Gasteiger partial charge in [-0.3, -0.25) is 4.79 Å². The predicted octanol–water partition coefficient (Wildman–Crippen LogP) is 1.25. The topological polar surface area (TPSA) is 52.4 Å². The van der Waals surface area contributed by atoms with E-state index in [0.29, 0.717) is 5.56 Å². The molecule has 0 aliphatic carbocycles. The molecule has 0 saturated carbocycles. The van der Waals surface area contributed by atoms with Gasteiger partial charge < -0.3 is 24.0 Å². The Morgan fingerprint density at radius 2 is 1.56 bits per heavy atom. The lowest BCUT2D eigenvalue weighted by Gasteiger charge is -2.32. The van der Waals surface area contributed by atoms with E-state index in [1.165, 1.54) is 4.90 Å². The van der Waals surface area contributed by atoms with Gasteiger partial charge in [-0.05, 0) is 42.5 Å². The summed E-state index contributed by atoms with van der Waals surface area (Å²) in [6, 6.07) is 13.2. The fourth-order valence-corrected chi connectivity index (χ4v) is 3.41. The third-order valence-electron chi connectivity index (χ3n) is 5.02. The maximum Gasteiger partial charge on any atom is 0.254 e. The van der Waals surface area contributed by atoms with Gasteiger partial charge in [0.2, 0.25) is 0 Å². The Labute approximate surface area is 160 Å². The zero-order chi connectivity index (χ0) is 19.2. The quantitative estimate of drug-likeness (QED) is 0.831. The fraction of sp³-hybridized carbons (Fsp3) is 0.381. The molecule has 1 N–H and O–H groups in total. The summed E-state index contributed by atoms with van der Waals surface area (Å²) in [7, 11) is 4.98. The highest BCUT2D eigenvalue weighted by Crippen LogP contribution is 2.23. The second-order valence-electron chi connectivity index (χ2n) is 6.63. The summed E-state index contributed by atoms with van der Waals surface area (Å²) in [6.07, 6.45) is 0. The normalized spacial score (nSPS) is 14.7. The highest BCUT2D eigenvalue weighted by molar-refractivity contribution is 5.94. The van der Waals surface area contributed by atoms with Gasteiger partial charge in [0.15, 0.2) is 0 Å². The largest absolute Gasteiger partial charge is 0.497 e. The van der Waals surface area contributed by atoms with Crippen molar-refractivity contribution >= 4 is 5.91 Å². The SMILES string of the molecule is COc1ccc(C(=O)N2CC[NH+](Cc3cc(OC)ccc3OC)CC2)cc1. The van der Waals surface area contributed by atoms with Gasteiger partial charge in [0, 0.05) is 5.56 Å². The molecule has 0 spiro atoms. The molecule has 144 valence electrons. The van der Waals surface area contributed by atoms with Crippen molar-refractivity contribution in [2.75, 3.05) is 47.5 Å². The average Bonchev–Trinajstić information content (AvgIpc) is 2.73. The third-order valence-corrected chi connectivity index (χ3v) is 5.02. The number of quaternary nitrogens is 1. The monoisotopic (exact) mass is 371 g/mol. The number of hydrogen-bond donors (Lipinski definition) is 1. The Hall–Kier alpha value is -2.73. The lowest BCUT2D eigenvalue weighted by molar-refractivity contribution is -0.917. The van der Waals surface area contributed by atoms with E-state index in [2.05, 4.69) is 0 Å². The van der Waals surface area contributed by atoms with Gasteiger partial charge in [-0.2, -0.15) is 0 Å². The lowest BCUT2D eigenvalue weighted by Crippen LogP contribution is -3.13. The number of ether oxygens (including phenoxy) is 3. The second-order valence-corrected chi connectivity index (χ2v) is 6.63. The molecule has 2 aromatic rings. The van der Waals surface area contributed by atoms with Crippen molar-refractivity contribution in [3.05, 3.63) is 53.6 Å². The molecule has 1 saturated heterocycles. The van der Waals surface area contributed by atoms with Gasteiger partial charge in [0.1, 0.15) is 23.8 Å². The average molecular weight is 371 g/mol. The van der Waals surface area contributed by atoms with E-state index in [1.54, 1.807) is 21.3 Å². The molecular formula is C21H27N2O4+. The summed E-state index contributed by atoms with van der Waals surface area (Å²) >= 11 is 0. The van der Waals surface area contributed by atoms with Crippen LogP contribution in [-0.2, 0) is 6.54 Å². The number of piperazine rings is 1. The zero-order valence-corrected chi connectivity index (χ0v) is 16.2. The van der Waals surface area contributed by atoms with Gasteiger partial charge in [-0.1, -0.05) is 0 Å². The molecule has 1 fully saturated rings. The van der Waals surface area contributed by atoms with Crippen LogP contribution in [0.2, 0.25) is 0 Å². The van der Waals surface area contributed by atoms with E-state index in [-0.39, 0.29) is 5.91 Å². The first-order valence-electron chi connectivity index (χ1n) is 9.12. The minimum absolute atomic E-state index is 0.0793. The number of nitrogens with one attached hydrogen (secondary N) is 1. The summed E-state index contributed by atoms with van der Waals surface area (Å²) < 4.78 is 16.0. The first-order valence-corrected chi connectivity index (χ1v) is 9.12. The van der Waals surface area contributed by atoms with Gasteiger partial charge in [0.05, 0.1) is 53.1 Å². The maximum atomic E-state index is 12.7. The van der Waals surface area contributed by atoms with Crippen LogP contribution in [0, 0.1) is 0 Å². The maximum absolute atomic E-state index is 12.7. The van der Waals surface area contributed by atoms with E-state index in [4.69, 9.17) is 14.2 Å². The van der Waals surface area contributed by atoms with Crippen molar-refractivity contribution in [2.24, 2.45) is 0 Å². The molecule has 1 aliphatic rings. The summed E-state index contributed by atoms with van der Waals surface area (Å²) in [5, 5.41) is 0. The number of hydrogen-bond acceptors (Lipinski definition) is 4. The molecule has 0 aromatic heterocycles. The Morgan fingerprint density at radius 3 is 2.15 bits per heavy atom. The van der Waals surface area contributed by atoms with Crippen LogP contribution in [0.4, 0.5) is 0 Å². The molecule has 6 heteroatoms. The summed E-state index contributed by atoms with van der Waals surface area (Å²) in [6.45, 7) is 4.15. The summed E-state index contributed by atoms with van der Waals surface area (Å²) in [4.78, 5) is 16.0. The van der Waals surface area contributed by atoms with Crippen LogP contribution >= 0.6 is 0 Å². The number of rotatable bonds is 6. The van der Waals surface area contributed by atoms with E-state index in [1.807, 2.05) is 47.4 Å². The molecular weight excluding hydrogens is 344 g/mol. The van der Waals surface area contributed by atoms with Crippen LogP contribution in [0.1, 0.15) is 15.9 Å². The number of methoxy groups -OCH3 is 3. The molecule has 0 atom stereocenters. The van der Waals surface area contributed by atoms with Crippen molar-refractivity contribution < 1.29 is 23.9 Å². The van der Waals surface area contributed by atoms with Crippen LogP contribution in [0.5, 0.6) is 17.2 Å². The Balaban J connectivity index is 1.59. The number of amides is 1. The van der Waals surface area contributed by atoms with Crippen LogP contribution in [-0.4, -0.2) is 58.3 Å². The number of nitrogens with zero attached hydrogens (tertiary/aromatic N) is 1. The number of carbonyl (C=O) groups excluding carboxylic acids is 1. The molecule has 1 aliphatic heterocycles. The minimum atomic E-state index is 0.0793. The van der Waals surface area contributed by atoms with Gasteiger partial charge in [-0.15, -0.1) is 0 Å². The van der Waals surface area contributed by atoms with E-state index < -0.39 is 0 Å². The molecule has 6 nitrogen and oxygen atoms in total. The molecule has 27 heavy (non-hydrogen) atoms. The van der Waals surface area contributed by atoms with Crippen molar-refractivity contribution in [3.8, 4) is 17.2 Å². The number of benzene rings is 2. The molecule has 0 bridgehead atoms. The number of carbonyl (C=O) groups is 1. The highest BCUT2D eigenvalue weighted by Gasteiger charge is 2.25. The third kappa shape index (κ3) is 4.52. The van der Waals surface area contributed by atoms with Gasteiger partial charge in [-0.25, -0.2) is 0 Å². The highest BCUT2D eigenvalue weighted by atomic mass is 16.5. The van der Waals surface area contributed by atoms with Gasteiger partial charge in [0.25, 0.3) is 5.91 Å². The van der Waals surface area contributed by atoms with E-state index >= 15 is 0 Å². The predicted molar refractivity (Wildman–Crippen MR) is 103 cm³/mol. The van der Waals surface area contributed by atoms with Gasteiger partial charge >= 0.3 is 0 Å². The summed E-state index contributed by atoms with van der Waals surface area (Å²) in [5.74, 6) is 2.54. The zero-order valence-electron chi connectivity index (χ0n) is 16.2. The van der Waals surface area contributed by atoms with Crippen molar-refractivity contribution in [2.45, 2.75) is 6.54 Å². The van der Waals surface area contributed by atoms with Crippen molar-refractivity contribution in [3.63, 3.8) is 0 Å². The lowest BCUT2D eigenvalue weighted by atomic mass is 10.1. The molecule has 2 aromatic carbocycles. The second kappa shape index (κ2) is 8.77. The Morgan fingerprint density at radius 1 is 0.926 bits per heavy atom. The first kappa shape index (κ1) is 19.0. The molecule has 1 amide bonds. The standard InChI is InChI=1S/C21H26N2O4/c1-25-18-6-4-16(5-7-18)21(24)23-12-10-22(11-13-23)15-17-14-19(26-2)8-9-20(17)27-3/h4-9,14H,10-13,15H2,1-3H3/p+1. The fourth-order valence-electron chi connectivity index (χ4n) is 3.41. The minimum Gasteiger partial charge on any atom is -0.497 e. The first-order chi connectivity index (χ1) is 13.1. The van der Waals surface area contributed by atoms with Crippen LogP contribution in [0.3, 0.4) is 0 Å². The van der Waals surface area contributed by atoms with Crippen molar-refractivity contribution in [1.29, 1.82) is 0 Å². The van der Waals surface area contributed by atoms with Crippen LogP contribution in [0.25, 0.3) is 0 Å². The Bertz CT molecular complexity index is 768. The summed E-state index contributed by atoms with van der Waals surface area (Å²) in [5.41, 5.74) is 1.83. The van der Waals surface area contributed by atoms with E-state index in [0.717, 1.165) is 55.5 Å². The molecule has 0 radical (unpaired) electrons. The van der Waals surface area contributed by atoms with Crippen LogP contribution < -0.4 is 19.1 Å². The van der Waals surface area contributed by atoms with Crippen molar-refractivity contribution in [1.82, 2.24) is 4.90 Å². The van der Waals surface area contributed by atoms with Crippen LogP contribution in [0.15, 0.2) is 42.5 Å². The Kier molecular flexibility index (Phi) is 6.19. The molecule has 1 heterocycles. The smallest absolute Gasteiger partial charge is 0.254 e. The molecule has 0 unspecified atom stereocenters. The van der Waals surface area contributed by atoms with E-state index in [9.17, 15) is 4.79 Å².